The summed E-state index contributed by atoms with van der Waals surface area (Å²) in [6.07, 6.45) is 0. The molecule has 1 aliphatic heterocycles. The summed E-state index contributed by atoms with van der Waals surface area (Å²) in [7, 11) is -5.39. The van der Waals surface area contributed by atoms with Gasteiger partial charge < -0.3 is 10.0 Å². The molecule has 0 saturated carbocycles. The second-order valence-electron chi connectivity index (χ2n) is 4.77. The highest BCUT2D eigenvalue weighted by molar-refractivity contribution is 7.92. The Balaban J connectivity index is 2.44. The Bertz CT molecular complexity index is 587. The second kappa shape index (κ2) is 4.11. The lowest BCUT2D eigenvalue weighted by molar-refractivity contribution is -0.0436. The molecule has 1 N–H and O–H groups in total. The molecule has 0 aliphatic carbocycles. The van der Waals surface area contributed by atoms with Crippen LogP contribution in [0.15, 0.2) is 29.2 Å². The number of β-amino-alcohol motifs (C(OH)–C–C–N with tert-alkyl or cyclic N) is 1. The predicted octanol–water partition coefficient (Wildman–Crippen LogP) is 1.55. The van der Waals surface area contributed by atoms with E-state index in [2.05, 4.69) is 0 Å². The van der Waals surface area contributed by atoms with Gasteiger partial charge in [0.2, 0.25) is 0 Å². The molecular weight excluding hydrogens is 283 g/mol. The van der Waals surface area contributed by atoms with E-state index in [0.717, 1.165) is 6.07 Å². The minimum Gasteiger partial charge on any atom is -0.386 e. The van der Waals surface area contributed by atoms with Gasteiger partial charge in [-0.2, -0.15) is 13.2 Å². The average molecular weight is 295 g/mol. The molecule has 1 heterocycles. The van der Waals surface area contributed by atoms with Crippen molar-refractivity contribution in [3.05, 3.63) is 24.3 Å². The first-order valence-electron chi connectivity index (χ1n) is 5.42. The van der Waals surface area contributed by atoms with Crippen molar-refractivity contribution in [3.8, 4) is 0 Å². The van der Waals surface area contributed by atoms with Gasteiger partial charge in [-0.1, -0.05) is 12.1 Å². The first kappa shape index (κ1) is 14.1. The van der Waals surface area contributed by atoms with Crippen LogP contribution in [-0.2, 0) is 9.84 Å². The Hall–Kier alpha value is -1.28. The Morgan fingerprint density at radius 1 is 1.26 bits per heavy atom. The van der Waals surface area contributed by atoms with Gasteiger partial charge in [-0.25, -0.2) is 8.42 Å². The van der Waals surface area contributed by atoms with Crippen LogP contribution < -0.4 is 4.90 Å². The molecule has 1 saturated heterocycles. The smallest absolute Gasteiger partial charge is 0.386 e. The molecule has 0 bridgehead atoms. The van der Waals surface area contributed by atoms with E-state index in [1.165, 1.54) is 30.0 Å². The van der Waals surface area contributed by atoms with Gasteiger partial charge in [0.25, 0.3) is 9.84 Å². The number of hydrogen-bond donors (Lipinski definition) is 1. The maximum absolute atomic E-state index is 12.6. The number of alkyl halides is 3. The van der Waals surface area contributed by atoms with Crippen LogP contribution in [0.2, 0.25) is 0 Å². The fourth-order valence-corrected chi connectivity index (χ4v) is 3.00. The predicted molar refractivity (Wildman–Crippen MR) is 62.5 cm³/mol. The number of rotatable bonds is 2. The zero-order valence-electron chi connectivity index (χ0n) is 9.98. The first-order chi connectivity index (χ1) is 8.55. The molecular formula is C11H12F3NO3S. The van der Waals surface area contributed by atoms with Gasteiger partial charge in [0, 0.05) is 13.1 Å². The van der Waals surface area contributed by atoms with Gasteiger partial charge in [0.15, 0.2) is 0 Å². The van der Waals surface area contributed by atoms with E-state index < -0.39 is 25.8 Å². The van der Waals surface area contributed by atoms with Gasteiger partial charge in [0.1, 0.15) is 0 Å². The molecule has 1 aromatic rings. The van der Waals surface area contributed by atoms with E-state index in [1.54, 1.807) is 0 Å². The third-order valence-corrected chi connectivity index (χ3v) is 4.40. The number of nitrogens with zero attached hydrogens (tertiary/aromatic N) is 1. The number of para-hydroxylation sites is 1. The Morgan fingerprint density at radius 2 is 1.79 bits per heavy atom. The topological polar surface area (TPSA) is 57.6 Å². The minimum absolute atomic E-state index is 0.0358. The Labute approximate surface area is 108 Å². The highest BCUT2D eigenvalue weighted by Crippen LogP contribution is 2.38. The lowest BCUT2D eigenvalue weighted by atomic mass is 9.96. The van der Waals surface area contributed by atoms with Crippen LogP contribution in [0.4, 0.5) is 18.9 Å². The molecule has 1 fully saturated rings. The molecule has 0 unspecified atom stereocenters. The summed E-state index contributed by atoms with van der Waals surface area (Å²) in [5, 5.41) is 9.59. The Morgan fingerprint density at radius 3 is 2.26 bits per heavy atom. The summed E-state index contributed by atoms with van der Waals surface area (Å²) >= 11 is 0. The largest absolute Gasteiger partial charge is 0.501 e. The zero-order valence-corrected chi connectivity index (χ0v) is 10.8. The van der Waals surface area contributed by atoms with Crippen LogP contribution >= 0.6 is 0 Å². The quantitative estimate of drug-likeness (QED) is 0.899. The number of aliphatic hydroxyl groups is 1. The Kier molecular flexibility index (Phi) is 3.06. The number of hydrogen-bond acceptors (Lipinski definition) is 4. The van der Waals surface area contributed by atoms with Gasteiger partial charge in [-0.15, -0.1) is 0 Å². The summed E-state index contributed by atoms with van der Waals surface area (Å²) in [5.41, 5.74) is -6.38. The van der Waals surface area contributed by atoms with E-state index in [9.17, 15) is 26.7 Å². The molecule has 106 valence electrons. The lowest BCUT2D eigenvalue weighted by Gasteiger charge is -2.46. The molecule has 1 aromatic carbocycles. The highest BCUT2D eigenvalue weighted by Gasteiger charge is 2.49. The summed E-state index contributed by atoms with van der Waals surface area (Å²) in [5.74, 6) is 0. The van der Waals surface area contributed by atoms with Gasteiger partial charge in [-0.05, 0) is 19.1 Å². The van der Waals surface area contributed by atoms with Crippen molar-refractivity contribution >= 4 is 15.5 Å². The molecule has 0 atom stereocenters. The van der Waals surface area contributed by atoms with Gasteiger partial charge >= 0.3 is 5.51 Å². The third kappa shape index (κ3) is 2.42. The summed E-state index contributed by atoms with van der Waals surface area (Å²) in [4.78, 5) is 0.622. The van der Waals surface area contributed by atoms with Gasteiger partial charge in [0.05, 0.1) is 16.2 Å². The van der Waals surface area contributed by atoms with Crippen molar-refractivity contribution in [3.63, 3.8) is 0 Å². The molecule has 0 spiro atoms. The van der Waals surface area contributed by atoms with Crippen molar-refractivity contribution in [2.75, 3.05) is 18.0 Å². The van der Waals surface area contributed by atoms with Crippen molar-refractivity contribution in [2.45, 2.75) is 22.9 Å². The molecule has 0 amide bonds. The number of halogens is 3. The first-order valence-corrected chi connectivity index (χ1v) is 6.91. The van der Waals surface area contributed by atoms with Crippen molar-refractivity contribution < 1.29 is 26.7 Å². The number of benzene rings is 1. The number of sulfone groups is 1. The standard InChI is InChI=1S/C11H12F3NO3S/c1-10(16)6-15(7-10)8-4-2-3-5-9(8)19(17,18)11(12,13)14/h2-5,16H,6-7H2,1H3. The van der Waals surface area contributed by atoms with Crippen LogP contribution in [-0.4, -0.2) is 37.7 Å². The summed E-state index contributed by atoms with van der Waals surface area (Å²) < 4.78 is 60.7. The maximum Gasteiger partial charge on any atom is 0.501 e. The van der Waals surface area contributed by atoms with Crippen LogP contribution in [0, 0.1) is 0 Å². The van der Waals surface area contributed by atoms with Gasteiger partial charge in [-0.3, -0.25) is 0 Å². The van der Waals surface area contributed by atoms with E-state index in [0.29, 0.717) is 0 Å². The van der Waals surface area contributed by atoms with Crippen molar-refractivity contribution in [1.29, 1.82) is 0 Å². The highest BCUT2D eigenvalue weighted by atomic mass is 32.2. The zero-order chi connectivity index (χ0) is 14.5. The molecule has 1 aliphatic rings. The van der Waals surface area contributed by atoms with E-state index in [4.69, 9.17) is 0 Å². The number of anilines is 1. The van der Waals surface area contributed by atoms with E-state index in [-0.39, 0.29) is 18.8 Å². The molecule has 0 radical (unpaired) electrons. The minimum atomic E-state index is -5.39. The van der Waals surface area contributed by atoms with Crippen LogP contribution in [0.25, 0.3) is 0 Å². The van der Waals surface area contributed by atoms with Crippen LogP contribution in [0.1, 0.15) is 6.92 Å². The molecule has 8 heteroatoms. The molecule has 19 heavy (non-hydrogen) atoms. The molecule has 0 aromatic heterocycles. The van der Waals surface area contributed by atoms with Crippen LogP contribution in [0.5, 0.6) is 0 Å². The maximum atomic E-state index is 12.6. The van der Waals surface area contributed by atoms with Crippen LogP contribution in [0.3, 0.4) is 0 Å². The fourth-order valence-electron chi connectivity index (χ4n) is 2.02. The van der Waals surface area contributed by atoms with Crippen molar-refractivity contribution in [2.24, 2.45) is 0 Å². The SMILES string of the molecule is CC1(O)CN(c2ccccc2S(=O)(=O)C(F)(F)F)C1. The molecule has 4 nitrogen and oxygen atoms in total. The monoisotopic (exact) mass is 295 g/mol. The lowest BCUT2D eigenvalue weighted by Crippen LogP contribution is -2.60. The fraction of sp³-hybridized carbons (Fsp3) is 0.455. The third-order valence-electron chi connectivity index (χ3n) is 2.86. The molecule has 2 rings (SSSR count). The summed E-state index contributed by atoms with van der Waals surface area (Å²) in [6.45, 7) is 1.72. The summed E-state index contributed by atoms with van der Waals surface area (Å²) in [6, 6.07) is 4.91. The normalized spacial score (nSPS) is 19.1. The van der Waals surface area contributed by atoms with E-state index >= 15 is 0 Å². The van der Waals surface area contributed by atoms with Crippen molar-refractivity contribution in [1.82, 2.24) is 0 Å². The second-order valence-corrected chi connectivity index (χ2v) is 6.68. The average Bonchev–Trinajstić information content (AvgIpc) is 2.24. The van der Waals surface area contributed by atoms with E-state index in [1.807, 2.05) is 0 Å².